The molecule has 0 fully saturated rings. The molecule has 0 spiro atoms. The Morgan fingerprint density at radius 1 is 0.306 bits per heavy atom. The van der Waals surface area contributed by atoms with Crippen LogP contribution in [0.3, 0.4) is 0 Å². The first kappa shape index (κ1) is 55.7. The highest BCUT2D eigenvalue weighted by atomic mass is 15.3. The van der Waals surface area contributed by atoms with Gasteiger partial charge in [0.15, 0.2) is 0 Å². The summed E-state index contributed by atoms with van der Waals surface area (Å²) in [7, 11) is 0. The molecule has 0 unspecified atom stereocenters. The van der Waals surface area contributed by atoms with Gasteiger partial charge in [0, 0.05) is 11.8 Å². The molecular formula is C77H82N8. The zero-order valence-electron chi connectivity index (χ0n) is 52.7. The molecule has 0 aliphatic carbocycles. The summed E-state index contributed by atoms with van der Waals surface area (Å²) in [5, 5.41) is 5.06. The van der Waals surface area contributed by atoms with E-state index in [1.165, 1.54) is 72.3 Å². The zero-order chi connectivity index (χ0) is 59.6. The first-order valence-corrected chi connectivity index (χ1v) is 31.3. The topological polar surface area (TPSA) is 62.3 Å². The number of benzene rings is 8. The number of para-hydroxylation sites is 2. The summed E-state index contributed by atoms with van der Waals surface area (Å²) in [5.74, 6) is 4.66. The Morgan fingerprint density at radius 3 is 1.33 bits per heavy atom. The predicted molar refractivity (Wildman–Crippen MR) is 359 cm³/mol. The standard InChI is InChI=1S/C77H82N8/c1-43(2)53-33-61(47(9)10)73(62(34-53)48(11)12)51-27-30-66-70(37-51)85-71-38-52(74-63(49(13)14)35-54(44(3)4)36-64(74)50(15)16)28-31-68(71)82(76(85)80-66)58-29-32-69-72(40-58)83(77-79-65-25-17-18-26-67(65)84(69)77)57-22-19-21-56(39-57)81-42-55(41-78-81)75-59(45(5)6)23-20-24-60(75)46(7)8/h17-50H,1-16H3. The second-order valence-corrected chi connectivity index (χ2v) is 26.6. The van der Waals surface area contributed by atoms with E-state index < -0.39 is 0 Å². The van der Waals surface area contributed by atoms with Gasteiger partial charge in [0.25, 0.3) is 0 Å². The Labute approximate surface area is 501 Å². The number of fused-ring (bicyclic) bond motifs is 10. The van der Waals surface area contributed by atoms with E-state index in [1.807, 2.05) is 10.9 Å². The van der Waals surface area contributed by atoms with E-state index in [-0.39, 0.29) is 0 Å². The molecule has 0 N–H and O–H groups in total. The van der Waals surface area contributed by atoms with Crippen LogP contribution in [0, 0.1) is 0 Å². The lowest BCUT2D eigenvalue weighted by Crippen LogP contribution is -2.04. The van der Waals surface area contributed by atoms with Gasteiger partial charge in [-0.3, -0.25) is 17.9 Å². The minimum absolute atomic E-state index is 0.333. The van der Waals surface area contributed by atoms with Crippen LogP contribution in [0.5, 0.6) is 0 Å². The Balaban J connectivity index is 1.06. The van der Waals surface area contributed by atoms with Crippen LogP contribution in [0.15, 0.2) is 158 Å². The lowest BCUT2D eigenvalue weighted by Gasteiger charge is -2.23. The van der Waals surface area contributed by atoms with Crippen LogP contribution >= 0.6 is 0 Å². The van der Waals surface area contributed by atoms with E-state index >= 15 is 0 Å². The summed E-state index contributed by atoms with van der Waals surface area (Å²) in [6.07, 6.45) is 4.23. The summed E-state index contributed by atoms with van der Waals surface area (Å²) in [6, 6.07) is 55.0. The highest BCUT2D eigenvalue weighted by molar-refractivity contribution is 5.98. The molecule has 13 aromatic rings. The summed E-state index contributed by atoms with van der Waals surface area (Å²) in [5.41, 5.74) is 30.0. The van der Waals surface area contributed by atoms with E-state index in [2.05, 4.69) is 281 Å². The molecule has 0 saturated carbocycles. The number of hydrogen-bond acceptors (Lipinski definition) is 3. The number of rotatable bonds is 14. The maximum Gasteiger partial charge on any atom is 0.220 e. The van der Waals surface area contributed by atoms with E-state index in [0.717, 1.165) is 78.3 Å². The van der Waals surface area contributed by atoms with E-state index in [4.69, 9.17) is 15.1 Å². The largest absolute Gasteiger partial charge is 0.278 e. The molecule has 0 saturated heterocycles. The number of hydrogen-bond donors (Lipinski definition) is 0. The Hall–Kier alpha value is -8.49. The van der Waals surface area contributed by atoms with Crippen molar-refractivity contribution < 1.29 is 0 Å². The van der Waals surface area contributed by atoms with E-state index in [9.17, 15) is 0 Å². The quantitative estimate of drug-likeness (QED) is 0.109. The normalized spacial score (nSPS) is 12.6. The maximum atomic E-state index is 5.67. The van der Waals surface area contributed by atoms with Crippen molar-refractivity contribution in [3.05, 3.63) is 202 Å². The third-order valence-electron chi connectivity index (χ3n) is 18.2. The Morgan fingerprint density at radius 2 is 0.765 bits per heavy atom. The fourth-order valence-corrected chi connectivity index (χ4v) is 13.6. The van der Waals surface area contributed by atoms with Crippen molar-refractivity contribution in [3.8, 4) is 50.4 Å². The van der Waals surface area contributed by atoms with Crippen molar-refractivity contribution in [2.75, 3.05) is 0 Å². The molecule has 0 aliphatic rings. The van der Waals surface area contributed by atoms with Crippen LogP contribution in [0.1, 0.15) is 203 Å². The van der Waals surface area contributed by atoms with Gasteiger partial charge in [0.05, 0.1) is 67.4 Å². The van der Waals surface area contributed by atoms with Crippen LogP contribution < -0.4 is 0 Å². The Kier molecular flexibility index (Phi) is 13.9. The van der Waals surface area contributed by atoms with Crippen LogP contribution in [0.25, 0.3) is 106 Å². The second kappa shape index (κ2) is 21.2. The lowest BCUT2D eigenvalue weighted by atomic mass is 9.81. The minimum atomic E-state index is 0.333. The van der Waals surface area contributed by atoms with Crippen molar-refractivity contribution in [3.63, 3.8) is 0 Å². The van der Waals surface area contributed by atoms with Crippen molar-refractivity contribution >= 4 is 55.7 Å². The van der Waals surface area contributed by atoms with Gasteiger partial charge in [-0.05, 0) is 192 Å². The molecule has 430 valence electrons. The van der Waals surface area contributed by atoms with Crippen molar-refractivity contribution in [1.29, 1.82) is 0 Å². The molecule has 8 nitrogen and oxygen atoms in total. The summed E-state index contributed by atoms with van der Waals surface area (Å²) < 4.78 is 11.5. The molecule has 0 aliphatic heterocycles. The van der Waals surface area contributed by atoms with Gasteiger partial charge in [-0.1, -0.05) is 184 Å². The zero-order valence-corrected chi connectivity index (χ0v) is 52.7. The molecule has 0 amide bonds. The van der Waals surface area contributed by atoms with Crippen LogP contribution in [-0.4, -0.2) is 37.7 Å². The number of imidazole rings is 4. The molecule has 0 atom stereocenters. The SMILES string of the molecule is CC(C)c1cc(C(C)C)c(-c2ccc3nc4n(-c5ccc6c(c5)n(-c5cccc(-n7cc(-c8c(C(C)C)cccc8C(C)C)cn7)c5)c5nc7ccccc7n65)c5ccc(-c6c(C(C)C)cc(C(C)C)cc6C(C)C)cc5n4c3c2)c(C(C)C)c1. The van der Waals surface area contributed by atoms with Gasteiger partial charge in [-0.2, -0.15) is 5.10 Å². The maximum absolute atomic E-state index is 5.67. The molecule has 8 heteroatoms. The average molecular weight is 1120 g/mol. The Bertz CT molecular complexity index is 4660. The first-order chi connectivity index (χ1) is 40.8. The van der Waals surface area contributed by atoms with Crippen molar-refractivity contribution in [1.82, 2.24) is 37.7 Å². The van der Waals surface area contributed by atoms with Gasteiger partial charge >= 0.3 is 0 Å². The number of nitrogens with zero attached hydrogens (tertiary/aromatic N) is 8. The van der Waals surface area contributed by atoms with E-state index in [0.29, 0.717) is 47.3 Å². The molecule has 5 heterocycles. The van der Waals surface area contributed by atoms with Crippen molar-refractivity contribution in [2.45, 2.75) is 158 Å². The fourth-order valence-electron chi connectivity index (χ4n) is 13.6. The minimum Gasteiger partial charge on any atom is -0.278 e. The van der Waals surface area contributed by atoms with Gasteiger partial charge in [0.1, 0.15) is 0 Å². The van der Waals surface area contributed by atoms with Crippen LogP contribution in [0.4, 0.5) is 0 Å². The highest BCUT2D eigenvalue weighted by Gasteiger charge is 2.27. The average Bonchev–Trinajstić information content (AvgIpc) is 1.87. The molecule has 8 aromatic carbocycles. The van der Waals surface area contributed by atoms with Gasteiger partial charge in [-0.15, -0.1) is 0 Å². The summed E-state index contributed by atoms with van der Waals surface area (Å²) >= 11 is 0. The molecule has 85 heavy (non-hydrogen) atoms. The van der Waals surface area contributed by atoms with Gasteiger partial charge < -0.3 is 0 Å². The molecular weight excluding hydrogens is 1040 g/mol. The molecule has 13 rings (SSSR count). The second-order valence-electron chi connectivity index (χ2n) is 26.6. The van der Waals surface area contributed by atoms with Gasteiger partial charge in [0.2, 0.25) is 11.6 Å². The molecule has 5 aromatic heterocycles. The fraction of sp³-hybridized carbons (Fsp3) is 0.312. The number of aromatic nitrogens is 8. The van der Waals surface area contributed by atoms with Crippen LogP contribution in [0.2, 0.25) is 0 Å². The molecule has 0 radical (unpaired) electrons. The molecule has 0 bridgehead atoms. The monoisotopic (exact) mass is 1120 g/mol. The third-order valence-corrected chi connectivity index (χ3v) is 18.2. The van der Waals surface area contributed by atoms with Gasteiger partial charge in [-0.25, -0.2) is 14.6 Å². The third kappa shape index (κ3) is 9.21. The highest BCUT2D eigenvalue weighted by Crippen LogP contribution is 2.45. The van der Waals surface area contributed by atoms with Crippen molar-refractivity contribution in [2.24, 2.45) is 0 Å². The smallest absolute Gasteiger partial charge is 0.220 e. The lowest BCUT2D eigenvalue weighted by molar-refractivity contribution is 0.807. The summed E-state index contributed by atoms with van der Waals surface area (Å²) in [6.45, 7) is 37.2. The first-order valence-electron chi connectivity index (χ1n) is 31.3. The predicted octanol–water partition coefficient (Wildman–Crippen LogP) is 21.4. The summed E-state index contributed by atoms with van der Waals surface area (Å²) in [4.78, 5) is 11.1. The van der Waals surface area contributed by atoms with E-state index in [1.54, 1.807) is 0 Å². The van der Waals surface area contributed by atoms with Crippen LogP contribution in [-0.2, 0) is 0 Å².